The third-order valence-corrected chi connectivity index (χ3v) is 2.46. The molecule has 0 amide bonds. The number of carbonyl (C=O) groups is 1. The van der Waals surface area contributed by atoms with Crippen molar-refractivity contribution in [3.05, 3.63) is 35.4 Å². The van der Waals surface area contributed by atoms with Gasteiger partial charge in [-0.2, -0.15) is 0 Å². The third kappa shape index (κ3) is 2.19. The van der Waals surface area contributed by atoms with Crippen LogP contribution >= 0.6 is 0 Å². The van der Waals surface area contributed by atoms with E-state index < -0.39 is 23.1 Å². The Balaban J connectivity index is 3.21. The van der Waals surface area contributed by atoms with Crippen molar-refractivity contribution < 1.29 is 18.7 Å². The maximum absolute atomic E-state index is 13.0. The number of halogens is 2. The number of carboxylic acid groups (broad SMARTS) is 1. The standard InChI is InChI=1S/C11H13F2NO2/c1-3-14-11(2,10(15)16)7-4-5-8(12)9(13)6-7/h4-6,14H,3H2,1-2H3,(H,15,16)/t11-/m1/s1. The van der Waals surface area contributed by atoms with Crippen molar-refractivity contribution in [2.75, 3.05) is 6.54 Å². The van der Waals surface area contributed by atoms with Crippen LogP contribution in [-0.4, -0.2) is 17.6 Å². The first-order chi connectivity index (χ1) is 7.41. The molecule has 0 aliphatic rings. The minimum Gasteiger partial charge on any atom is -0.480 e. The third-order valence-electron chi connectivity index (χ3n) is 2.46. The van der Waals surface area contributed by atoms with E-state index >= 15 is 0 Å². The quantitative estimate of drug-likeness (QED) is 0.828. The Morgan fingerprint density at radius 1 is 1.44 bits per heavy atom. The number of rotatable bonds is 4. The average Bonchev–Trinajstić information content (AvgIpc) is 2.22. The van der Waals surface area contributed by atoms with Gasteiger partial charge in [0.05, 0.1) is 0 Å². The second-order valence-electron chi connectivity index (χ2n) is 3.59. The molecule has 0 bridgehead atoms. The van der Waals surface area contributed by atoms with Crippen LogP contribution in [0.1, 0.15) is 19.4 Å². The molecule has 1 atom stereocenters. The van der Waals surface area contributed by atoms with E-state index in [1.54, 1.807) is 6.92 Å². The van der Waals surface area contributed by atoms with Gasteiger partial charge in [0.25, 0.3) is 0 Å². The smallest absolute Gasteiger partial charge is 0.328 e. The maximum atomic E-state index is 13.0. The highest BCUT2D eigenvalue weighted by Gasteiger charge is 2.34. The number of hydrogen-bond acceptors (Lipinski definition) is 2. The molecule has 0 aliphatic carbocycles. The van der Waals surface area contributed by atoms with Crippen LogP contribution in [0.3, 0.4) is 0 Å². The maximum Gasteiger partial charge on any atom is 0.328 e. The molecule has 3 nitrogen and oxygen atoms in total. The molecule has 0 heterocycles. The summed E-state index contributed by atoms with van der Waals surface area (Å²) >= 11 is 0. The summed E-state index contributed by atoms with van der Waals surface area (Å²) in [6, 6.07) is 3.07. The molecule has 0 radical (unpaired) electrons. The van der Waals surface area contributed by atoms with Crippen molar-refractivity contribution in [1.29, 1.82) is 0 Å². The topological polar surface area (TPSA) is 49.3 Å². The summed E-state index contributed by atoms with van der Waals surface area (Å²) in [5, 5.41) is 11.8. The Bertz CT molecular complexity index is 409. The van der Waals surface area contributed by atoms with Gasteiger partial charge in [-0.05, 0) is 31.2 Å². The van der Waals surface area contributed by atoms with Gasteiger partial charge in [0, 0.05) is 0 Å². The molecule has 2 N–H and O–H groups in total. The van der Waals surface area contributed by atoms with E-state index in [0.29, 0.717) is 6.54 Å². The molecule has 0 aromatic heterocycles. The highest BCUT2D eigenvalue weighted by atomic mass is 19.2. The van der Waals surface area contributed by atoms with Crippen LogP contribution in [0.15, 0.2) is 18.2 Å². The lowest BCUT2D eigenvalue weighted by Crippen LogP contribution is -2.46. The van der Waals surface area contributed by atoms with Gasteiger partial charge in [0.15, 0.2) is 11.6 Å². The van der Waals surface area contributed by atoms with Crippen LogP contribution in [0.4, 0.5) is 8.78 Å². The van der Waals surface area contributed by atoms with Crippen LogP contribution in [0.2, 0.25) is 0 Å². The molecule has 0 unspecified atom stereocenters. The monoisotopic (exact) mass is 229 g/mol. The van der Waals surface area contributed by atoms with Crippen molar-refractivity contribution in [2.45, 2.75) is 19.4 Å². The minimum atomic E-state index is -1.41. The van der Waals surface area contributed by atoms with Crippen LogP contribution in [-0.2, 0) is 10.3 Å². The van der Waals surface area contributed by atoms with Crippen LogP contribution in [0.5, 0.6) is 0 Å². The summed E-state index contributed by atoms with van der Waals surface area (Å²) in [6.07, 6.45) is 0. The first-order valence-electron chi connectivity index (χ1n) is 4.85. The van der Waals surface area contributed by atoms with Gasteiger partial charge in [-0.3, -0.25) is 5.32 Å². The Labute approximate surface area is 92.1 Å². The molecular formula is C11H13F2NO2. The molecule has 1 rings (SSSR count). The largest absolute Gasteiger partial charge is 0.480 e. The summed E-state index contributed by atoms with van der Waals surface area (Å²) in [6.45, 7) is 3.55. The Morgan fingerprint density at radius 3 is 2.50 bits per heavy atom. The Morgan fingerprint density at radius 2 is 2.06 bits per heavy atom. The van der Waals surface area contributed by atoms with Crippen molar-refractivity contribution in [3.63, 3.8) is 0 Å². The van der Waals surface area contributed by atoms with Gasteiger partial charge >= 0.3 is 5.97 Å². The van der Waals surface area contributed by atoms with E-state index in [2.05, 4.69) is 5.32 Å². The van der Waals surface area contributed by atoms with E-state index in [-0.39, 0.29) is 5.56 Å². The Kier molecular flexibility index (Phi) is 3.59. The van der Waals surface area contributed by atoms with Gasteiger partial charge in [0.1, 0.15) is 5.54 Å². The van der Waals surface area contributed by atoms with Crippen LogP contribution < -0.4 is 5.32 Å². The highest BCUT2D eigenvalue weighted by Crippen LogP contribution is 2.22. The number of nitrogens with one attached hydrogen (secondary N) is 1. The molecule has 5 heteroatoms. The summed E-state index contributed by atoms with van der Waals surface area (Å²) in [5.41, 5.74) is -1.23. The van der Waals surface area contributed by atoms with Gasteiger partial charge in [-0.25, -0.2) is 13.6 Å². The van der Waals surface area contributed by atoms with Crippen molar-refractivity contribution in [1.82, 2.24) is 5.32 Å². The van der Waals surface area contributed by atoms with E-state index in [4.69, 9.17) is 5.11 Å². The fourth-order valence-electron chi connectivity index (χ4n) is 1.46. The Hall–Kier alpha value is -1.49. The molecule has 0 spiro atoms. The molecule has 0 saturated carbocycles. The number of aliphatic carboxylic acids is 1. The summed E-state index contributed by atoms with van der Waals surface area (Å²) in [4.78, 5) is 11.1. The fraction of sp³-hybridized carbons (Fsp3) is 0.364. The lowest BCUT2D eigenvalue weighted by Gasteiger charge is -2.26. The molecule has 88 valence electrons. The van der Waals surface area contributed by atoms with Crippen molar-refractivity contribution in [2.24, 2.45) is 0 Å². The normalized spacial score (nSPS) is 14.5. The first kappa shape index (κ1) is 12.6. The van der Waals surface area contributed by atoms with Gasteiger partial charge in [0.2, 0.25) is 0 Å². The highest BCUT2D eigenvalue weighted by molar-refractivity contribution is 5.80. The van der Waals surface area contributed by atoms with E-state index in [9.17, 15) is 13.6 Å². The van der Waals surface area contributed by atoms with Crippen LogP contribution in [0.25, 0.3) is 0 Å². The molecule has 0 fully saturated rings. The minimum absolute atomic E-state index is 0.181. The summed E-state index contributed by atoms with van der Waals surface area (Å²) < 4.78 is 25.7. The van der Waals surface area contributed by atoms with Crippen molar-refractivity contribution >= 4 is 5.97 Å². The van der Waals surface area contributed by atoms with Crippen molar-refractivity contribution in [3.8, 4) is 0 Å². The molecule has 0 aliphatic heterocycles. The van der Waals surface area contributed by atoms with E-state index in [1.807, 2.05) is 0 Å². The van der Waals surface area contributed by atoms with Gasteiger partial charge in [-0.1, -0.05) is 13.0 Å². The number of carboxylic acids is 1. The van der Waals surface area contributed by atoms with Crippen LogP contribution in [0, 0.1) is 11.6 Å². The zero-order valence-electron chi connectivity index (χ0n) is 9.05. The average molecular weight is 229 g/mol. The SMILES string of the molecule is CCN[C@@](C)(C(=O)O)c1ccc(F)c(F)c1. The summed E-state index contributed by atoms with van der Waals surface area (Å²) in [7, 11) is 0. The molecule has 0 saturated heterocycles. The molecule has 16 heavy (non-hydrogen) atoms. The molecule has 1 aromatic rings. The lowest BCUT2D eigenvalue weighted by atomic mass is 9.92. The fourth-order valence-corrected chi connectivity index (χ4v) is 1.46. The second-order valence-corrected chi connectivity index (χ2v) is 3.59. The van der Waals surface area contributed by atoms with Gasteiger partial charge < -0.3 is 5.11 Å². The zero-order valence-corrected chi connectivity index (χ0v) is 9.05. The second kappa shape index (κ2) is 4.57. The predicted molar refractivity (Wildman–Crippen MR) is 55.0 cm³/mol. The lowest BCUT2D eigenvalue weighted by molar-refractivity contribution is -0.144. The zero-order chi connectivity index (χ0) is 12.3. The summed E-state index contributed by atoms with van der Waals surface area (Å²) in [5.74, 6) is -3.18. The first-order valence-corrected chi connectivity index (χ1v) is 4.85. The van der Waals surface area contributed by atoms with E-state index in [1.165, 1.54) is 13.0 Å². The number of likely N-dealkylation sites (N-methyl/N-ethyl adjacent to an activating group) is 1. The molecular weight excluding hydrogens is 216 g/mol. The number of hydrogen-bond donors (Lipinski definition) is 2. The predicted octanol–water partition coefficient (Wildman–Crippen LogP) is 1.87. The molecule has 1 aromatic carbocycles. The number of benzene rings is 1. The van der Waals surface area contributed by atoms with E-state index in [0.717, 1.165) is 12.1 Å². The van der Waals surface area contributed by atoms with Gasteiger partial charge in [-0.15, -0.1) is 0 Å².